The molecule has 134 valence electrons. The molecule has 0 aliphatic carbocycles. The molecular weight excluding hydrogens is 306 g/mol. The highest BCUT2D eigenvalue weighted by Gasteiger charge is 2.37. The predicted octanol–water partition coefficient (Wildman–Crippen LogP) is 2.20. The lowest BCUT2D eigenvalue weighted by Crippen LogP contribution is -2.62. The van der Waals surface area contributed by atoms with E-state index < -0.39 is 0 Å². The molecule has 0 bridgehead atoms. The first-order valence-electron chi connectivity index (χ1n) is 9.16. The van der Waals surface area contributed by atoms with Crippen molar-refractivity contribution >= 4 is 5.91 Å². The molecule has 3 rings (SSSR count). The van der Waals surface area contributed by atoms with Gasteiger partial charge in [-0.05, 0) is 18.8 Å². The highest BCUT2D eigenvalue weighted by atomic mass is 16.5. The SMILES string of the molecule is CCC[C@H]1COC[C@H]2CN(C(=O)c3cc(CC(C)C)no3)CCN12. The third kappa shape index (κ3) is 3.81. The monoisotopic (exact) mass is 335 g/mol. The molecule has 2 saturated heterocycles. The Balaban J connectivity index is 1.62. The number of aromatic nitrogens is 1. The Morgan fingerprint density at radius 3 is 2.96 bits per heavy atom. The highest BCUT2D eigenvalue weighted by Crippen LogP contribution is 2.23. The Bertz CT molecular complexity index is 555. The Kier molecular flexibility index (Phi) is 5.56. The van der Waals surface area contributed by atoms with Gasteiger partial charge in [0.05, 0.1) is 24.9 Å². The van der Waals surface area contributed by atoms with Crippen LogP contribution in [0.5, 0.6) is 0 Å². The summed E-state index contributed by atoms with van der Waals surface area (Å²) in [7, 11) is 0. The molecule has 0 radical (unpaired) electrons. The van der Waals surface area contributed by atoms with Crippen LogP contribution in [-0.4, -0.2) is 65.8 Å². The minimum Gasteiger partial charge on any atom is -0.378 e. The number of hydrogen-bond acceptors (Lipinski definition) is 5. The maximum Gasteiger partial charge on any atom is 0.292 e. The van der Waals surface area contributed by atoms with Gasteiger partial charge in [0.15, 0.2) is 0 Å². The standard InChI is InChI=1S/C18H29N3O3/c1-4-5-15-11-23-12-16-10-20(6-7-21(15)16)18(22)17-9-14(19-24-17)8-13(2)3/h9,13,15-16H,4-8,10-12H2,1-3H3/t15-,16+/m0/s1. The van der Waals surface area contributed by atoms with E-state index in [0.29, 0.717) is 36.9 Å². The van der Waals surface area contributed by atoms with Crippen molar-refractivity contribution in [3.8, 4) is 0 Å². The summed E-state index contributed by atoms with van der Waals surface area (Å²) in [5, 5.41) is 4.03. The lowest BCUT2D eigenvalue weighted by atomic mass is 10.0. The minimum absolute atomic E-state index is 0.0465. The number of amides is 1. The van der Waals surface area contributed by atoms with Gasteiger partial charge in [-0.25, -0.2) is 0 Å². The molecular formula is C18H29N3O3. The molecule has 6 heteroatoms. The second-order valence-corrected chi connectivity index (χ2v) is 7.40. The maximum absolute atomic E-state index is 12.7. The van der Waals surface area contributed by atoms with Crippen LogP contribution < -0.4 is 0 Å². The van der Waals surface area contributed by atoms with Crippen molar-refractivity contribution < 1.29 is 14.1 Å². The third-order valence-electron chi connectivity index (χ3n) is 4.91. The van der Waals surface area contributed by atoms with Gasteiger partial charge in [0.25, 0.3) is 5.91 Å². The van der Waals surface area contributed by atoms with Gasteiger partial charge in [-0.3, -0.25) is 9.69 Å². The van der Waals surface area contributed by atoms with Crippen LogP contribution in [0.2, 0.25) is 0 Å². The largest absolute Gasteiger partial charge is 0.378 e. The van der Waals surface area contributed by atoms with Crippen LogP contribution in [0.1, 0.15) is 49.9 Å². The maximum atomic E-state index is 12.7. The van der Waals surface area contributed by atoms with E-state index in [1.165, 1.54) is 0 Å². The molecule has 0 saturated carbocycles. The average molecular weight is 335 g/mol. The van der Waals surface area contributed by atoms with Crippen molar-refractivity contribution in [3.63, 3.8) is 0 Å². The second kappa shape index (κ2) is 7.66. The molecule has 0 N–H and O–H groups in total. The number of piperazine rings is 1. The van der Waals surface area contributed by atoms with E-state index in [9.17, 15) is 4.79 Å². The second-order valence-electron chi connectivity index (χ2n) is 7.40. The van der Waals surface area contributed by atoms with Crippen LogP contribution in [0.4, 0.5) is 0 Å². The summed E-state index contributed by atoms with van der Waals surface area (Å²) in [6.07, 6.45) is 3.15. The number of rotatable bonds is 5. The van der Waals surface area contributed by atoms with E-state index in [-0.39, 0.29) is 5.91 Å². The van der Waals surface area contributed by atoms with Crippen molar-refractivity contribution in [1.82, 2.24) is 15.0 Å². The van der Waals surface area contributed by atoms with Crippen LogP contribution in [0.25, 0.3) is 0 Å². The van der Waals surface area contributed by atoms with E-state index in [0.717, 1.165) is 44.7 Å². The first kappa shape index (κ1) is 17.4. The molecule has 2 fully saturated rings. The number of ether oxygens (including phenoxy) is 1. The number of carbonyl (C=O) groups excluding carboxylic acids is 1. The molecule has 2 aliphatic rings. The van der Waals surface area contributed by atoms with Crippen LogP contribution in [-0.2, 0) is 11.2 Å². The summed E-state index contributed by atoms with van der Waals surface area (Å²) in [5.74, 6) is 0.812. The van der Waals surface area contributed by atoms with Gasteiger partial charge in [0.1, 0.15) is 0 Å². The van der Waals surface area contributed by atoms with Gasteiger partial charge in [0, 0.05) is 31.7 Å². The predicted molar refractivity (Wildman–Crippen MR) is 91.0 cm³/mol. The van der Waals surface area contributed by atoms with Crippen molar-refractivity contribution in [2.75, 3.05) is 32.8 Å². The first-order chi connectivity index (χ1) is 11.6. The molecule has 1 aromatic rings. The van der Waals surface area contributed by atoms with E-state index in [1.807, 2.05) is 4.90 Å². The van der Waals surface area contributed by atoms with Crippen LogP contribution in [0.15, 0.2) is 10.6 Å². The topological polar surface area (TPSA) is 58.8 Å². The fourth-order valence-corrected chi connectivity index (χ4v) is 3.78. The van der Waals surface area contributed by atoms with Crippen molar-refractivity contribution in [3.05, 3.63) is 17.5 Å². The van der Waals surface area contributed by atoms with Gasteiger partial charge in [-0.1, -0.05) is 32.3 Å². The smallest absolute Gasteiger partial charge is 0.292 e. The van der Waals surface area contributed by atoms with Gasteiger partial charge in [-0.15, -0.1) is 0 Å². The molecule has 1 amide bonds. The molecule has 0 aromatic carbocycles. The molecule has 6 nitrogen and oxygen atoms in total. The zero-order valence-electron chi connectivity index (χ0n) is 15.0. The molecule has 2 aliphatic heterocycles. The molecule has 0 unspecified atom stereocenters. The normalized spacial score (nSPS) is 25.1. The highest BCUT2D eigenvalue weighted by molar-refractivity contribution is 5.91. The summed E-state index contributed by atoms with van der Waals surface area (Å²) in [4.78, 5) is 17.1. The minimum atomic E-state index is -0.0465. The first-order valence-corrected chi connectivity index (χ1v) is 9.16. The number of nitrogens with zero attached hydrogens (tertiary/aromatic N) is 3. The third-order valence-corrected chi connectivity index (χ3v) is 4.91. The van der Waals surface area contributed by atoms with E-state index in [1.54, 1.807) is 6.07 Å². The van der Waals surface area contributed by atoms with Crippen LogP contribution in [0, 0.1) is 5.92 Å². The van der Waals surface area contributed by atoms with Gasteiger partial charge in [0.2, 0.25) is 5.76 Å². The fraction of sp³-hybridized carbons (Fsp3) is 0.778. The lowest BCUT2D eigenvalue weighted by molar-refractivity contribution is -0.0779. The number of hydrogen-bond donors (Lipinski definition) is 0. The molecule has 3 heterocycles. The van der Waals surface area contributed by atoms with E-state index >= 15 is 0 Å². The number of carbonyl (C=O) groups is 1. The molecule has 1 aromatic heterocycles. The Morgan fingerprint density at radius 2 is 2.21 bits per heavy atom. The zero-order chi connectivity index (χ0) is 17.1. The number of morpholine rings is 1. The molecule has 2 atom stereocenters. The summed E-state index contributed by atoms with van der Waals surface area (Å²) in [6, 6.07) is 2.59. The summed E-state index contributed by atoms with van der Waals surface area (Å²) >= 11 is 0. The van der Waals surface area contributed by atoms with Crippen molar-refractivity contribution in [2.24, 2.45) is 5.92 Å². The Morgan fingerprint density at radius 1 is 1.38 bits per heavy atom. The van der Waals surface area contributed by atoms with Gasteiger partial charge >= 0.3 is 0 Å². The zero-order valence-corrected chi connectivity index (χ0v) is 15.0. The van der Waals surface area contributed by atoms with E-state index in [2.05, 4.69) is 30.8 Å². The summed E-state index contributed by atoms with van der Waals surface area (Å²) in [6.45, 7) is 10.4. The molecule has 24 heavy (non-hydrogen) atoms. The quantitative estimate of drug-likeness (QED) is 0.825. The average Bonchev–Trinajstić information content (AvgIpc) is 3.02. The fourth-order valence-electron chi connectivity index (χ4n) is 3.78. The Hall–Kier alpha value is -1.40. The van der Waals surface area contributed by atoms with E-state index in [4.69, 9.17) is 9.26 Å². The van der Waals surface area contributed by atoms with Gasteiger partial charge < -0.3 is 14.2 Å². The van der Waals surface area contributed by atoms with Crippen molar-refractivity contribution in [2.45, 2.75) is 52.1 Å². The van der Waals surface area contributed by atoms with Crippen LogP contribution in [0.3, 0.4) is 0 Å². The van der Waals surface area contributed by atoms with Gasteiger partial charge in [-0.2, -0.15) is 0 Å². The molecule has 0 spiro atoms. The van der Waals surface area contributed by atoms with Crippen LogP contribution >= 0.6 is 0 Å². The number of fused-ring (bicyclic) bond motifs is 1. The summed E-state index contributed by atoms with van der Waals surface area (Å²) < 4.78 is 11.1. The van der Waals surface area contributed by atoms with Crippen molar-refractivity contribution in [1.29, 1.82) is 0 Å². The Labute approximate surface area is 144 Å². The summed E-state index contributed by atoms with van der Waals surface area (Å²) in [5.41, 5.74) is 0.857. The lowest BCUT2D eigenvalue weighted by Gasteiger charge is -2.47.